The highest BCUT2D eigenvalue weighted by molar-refractivity contribution is 7.99. The van der Waals surface area contributed by atoms with E-state index in [1.165, 1.54) is 10.9 Å². The van der Waals surface area contributed by atoms with Gasteiger partial charge in [-0.1, -0.05) is 72.4 Å². The average Bonchev–Trinajstić information content (AvgIpc) is 3.29. The van der Waals surface area contributed by atoms with Crippen molar-refractivity contribution >= 4 is 28.7 Å². The number of hydrogen-bond donors (Lipinski definition) is 1. The molecule has 0 unspecified atom stereocenters. The number of rotatable bonds is 6. The number of para-hydroxylation sites is 1. The van der Waals surface area contributed by atoms with Gasteiger partial charge < -0.3 is 9.55 Å². The lowest BCUT2D eigenvalue weighted by Crippen LogP contribution is -1.99. The predicted octanol–water partition coefficient (Wildman–Crippen LogP) is 5.25. The van der Waals surface area contributed by atoms with Gasteiger partial charge in [-0.2, -0.15) is 0 Å². The van der Waals surface area contributed by atoms with Gasteiger partial charge in [0.1, 0.15) is 0 Å². The van der Waals surface area contributed by atoms with Gasteiger partial charge in [0.15, 0.2) is 11.0 Å². The molecular formula is C21H20N4S. The summed E-state index contributed by atoms with van der Waals surface area (Å²) in [6.07, 6.45) is 6.32. The van der Waals surface area contributed by atoms with Gasteiger partial charge in [-0.05, 0) is 18.6 Å². The maximum absolute atomic E-state index is 4.46. The van der Waals surface area contributed by atoms with Crippen LogP contribution in [0.3, 0.4) is 0 Å². The van der Waals surface area contributed by atoms with E-state index in [2.05, 4.69) is 69.2 Å². The molecule has 26 heavy (non-hydrogen) atoms. The van der Waals surface area contributed by atoms with E-state index in [-0.39, 0.29) is 0 Å². The van der Waals surface area contributed by atoms with Crippen LogP contribution < -0.4 is 0 Å². The lowest BCUT2D eigenvalue weighted by atomic mass is 10.1. The van der Waals surface area contributed by atoms with Crippen molar-refractivity contribution in [3.8, 4) is 11.4 Å². The van der Waals surface area contributed by atoms with Crippen molar-refractivity contribution in [3.63, 3.8) is 0 Å². The maximum atomic E-state index is 4.46. The van der Waals surface area contributed by atoms with Crippen LogP contribution in [-0.4, -0.2) is 25.5 Å². The Kier molecular flexibility index (Phi) is 4.88. The monoisotopic (exact) mass is 360 g/mol. The first-order valence-electron chi connectivity index (χ1n) is 8.71. The lowest BCUT2D eigenvalue weighted by Gasteiger charge is -2.05. The standard InChI is InChI=1S/C21H20N4S/c1-2-25-20(18-15-22-19-13-7-6-12-17(18)19)23-24-21(25)26-14-8-11-16-9-4-3-5-10-16/h3-13,15,22H,2,14H2,1H3. The summed E-state index contributed by atoms with van der Waals surface area (Å²) >= 11 is 1.71. The molecule has 0 saturated carbocycles. The van der Waals surface area contributed by atoms with Gasteiger partial charge >= 0.3 is 0 Å². The Labute approximate surface area is 157 Å². The van der Waals surface area contributed by atoms with Crippen LogP contribution in [0.25, 0.3) is 28.4 Å². The summed E-state index contributed by atoms with van der Waals surface area (Å²) in [4.78, 5) is 3.32. The second kappa shape index (κ2) is 7.62. The lowest BCUT2D eigenvalue weighted by molar-refractivity contribution is 0.688. The van der Waals surface area contributed by atoms with Crippen molar-refractivity contribution in [3.05, 3.63) is 72.4 Å². The molecule has 0 saturated heterocycles. The van der Waals surface area contributed by atoms with Crippen LogP contribution in [0.4, 0.5) is 0 Å². The van der Waals surface area contributed by atoms with Crippen LogP contribution in [0.15, 0.2) is 72.0 Å². The first-order valence-corrected chi connectivity index (χ1v) is 9.69. The molecule has 0 radical (unpaired) electrons. The van der Waals surface area contributed by atoms with Crippen LogP contribution in [0.2, 0.25) is 0 Å². The summed E-state index contributed by atoms with van der Waals surface area (Å²) in [7, 11) is 0. The fraction of sp³-hybridized carbons (Fsp3) is 0.143. The molecule has 0 bridgehead atoms. The van der Waals surface area contributed by atoms with E-state index in [9.17, 15) is 0 Å². The minimum Gasteiger partial charge on any atom is -0.360 e. The van der Waals surface area contributed by atoms with E-state index >= 15 is 0 Å². The Hall–Kier alpha value is -2.79. The second-order valence-electron chi connectivity index (χ2n) is 5.92. The van der Waals surface area contributed by atoms with Crippen molar-refractivity contribution in [1.82, 2.24) is 19.7 Å². The highest BCUT2D eigenvalue weighted by atomic mass is 32.2. The topological polar surface area (TPSA) is 46.5 Å². The first kappa shape index (κ1) is 16.7. The largest absolute Gasteiger partial charge is 0.360 e. The molecule has 0 atom stereocenters. The molecule has 2 aromatic heterocycles. The maximum Gasteiger partial charge on any atom is 0.191 e. The van der Waals surface area contributed by atoms with Crippen LogP contribution >= 0.6 is 11.8 Å². The van der Waals surface area contributed by atoms with E-state index in [0.29, 0.717) is 0 Å². The average molecular weight is 360 g/mol. The van der Waals surface area contributed by atoms with Crippen molar-refractivity contribution < 1.29 is 0 Å². The molecule has 130 valence electrons. The van der Waals surface area contributed by atoms with Gasteiger partial charge in [0.25, 0.3) is 0 Å². The molecule has 2 aromatic carbocycles. The van der Waals surface area contributed by atoms with E-state index in [4.69, 9.17) is 0 Å². The molecule has 0 aliphatic carbocycles. The molecule has 0 spiro atoms. The Morgan fingerprint density at radius 1 is 1.04 bits per heavy atom. The van der Waals surface area contributed by atoms with Crippen LogP contribution in [0.1, 0.15) is 12.5 Å². The molecule has 2 heterocycles. The fourth-order valence-corrected chi connectivity index (χ4v) is 3.82. The number of nitrogens with zero attached hydrogens (tertiary/aromatic N) is 3. The van der Waals surface area contributed by atoms with Crippen molar-refractivity contribution in [2.45, 2.75) is 18.6 Å². The van der Waals surface area contributed by atoms with Gasteiger partial charge in [-0.25, -0.2) is 0 Å². The third-order valence-electron chi connectivity index (χ3n) is 4.28. The summed E-state index contributed by atoms with van der Waals surface area (Å²) in [5.74, 6) is 1.78. The molecule has 0 amide bonds. The predicted molar refractivity (Wildman–Crippen MR) is 109 cm³/mol. The number of benzene rings is 2. The third kappa shape index (κ3) is 3.30. The van der Waals surface area contributed by atoms with Gasteiger partial charge in [-0.3, -0.25) is 0 Å². The van der Waals surface area contributed by atoms with Crippen LogP contribution in [0.5, 0.6) is 0 Å². The summed E-state index contributed by atoms with van der Waals surface area (Å²) in [5, 5.41) is 11.0. The molecule has 5 heteroatoms. The molecule has 4 aromatic rings. The molecule has 0 aliphatic heterocycles. The van der Waals surface area contributed by atoms with Crippen molar-refractivity contribution in [2.75, 3.05) is 5.75 Å². The summed E-state index contributed by atoms with van der Waals surface area (Å²) in [6, 6.07) is 18.6. The Balaban J connectivity index is 1.54. The number of H-pyrrole nitrogens is 1. The van der Waals surface area contributed by atoms with Crippen molar-refractivity contribution in [1.29, 1.82) is 0 Å². The molecule has 0 fully saturated rings. The van der Waals surface area contributed by atoms with Gasteiger partial charge in [-0.15, -0.1) is 10.2 Å². The summed E-state index contributed by atoms with van der Waals surface area (Å²) in [6.45, 7) is 2.97. The number of fused-ring (bicyclic) bond motifs is 1. The normalized spacial score (nSPS) is 11.6. The summed E-state index contributed by atoms with van der Waals surface area (Å²) < 4.78 is 2.18. The highest BCUT2D eigenvalue weighted by Gasteiger charge is 2.15. The third-order valence-corrected chi connectivity index (χ3v) is 5.20. The molecule has 1 N–H and O–H groups in total. The zero-order valence-corrected chi connectivity index (χ0v) is 15.4. The Bertz CT molecular complexity index is 1030. The molecule has 0 aliphatic rings. The zero-order valence-electron chi connectivity index (χ0n) is 14.6. The molecule has 4 rings (SSSR count). The fourth-order valence-electron chi connectivity index (χ4n) is 3.01. The van der Waals surface area contributed by atoms with E-state index in [1.807, 2.05) is 30.5 Å². The zero-order chi connectivity index (χ0) is 17.8. The molecule has 4 nitrogen and oxygen atoms in total. The minimum absolute atomic E-state index is 0.840. The number of thioether (sulfide) groups is 1. The SMILES string of the molecule is CCn1c(SCC=Cc2ccccc2)nnc1-c1c[nH]c2ccccc12. The van der Waals surface area contributed by atoms with Gasteiger partial charge in [0, 0.05) is 35.0 Å². The number of nitrogens with one attached hydrogen (secondary N) is 1. The quantitative estimate of drug-likeness (QED) is 0.478. The van der Waals surface area contributed by atoms with E-state index < -0.39 is 0 Å². The minimum atomic E-state index is 0.840. The van der Waals surface area contributed by atoms with E-state index in [0.717, 1.165) is 34.4 Å². The summed E-state index contributed by atoms with van der Waals surface area (Å²) in [5.41, 5.74) is 3.43. The van der Waals surface area contributed by atoms with Gasteiger partial charge in [0.05, 0.1) is 0 Å². The van der Waals surface area contributed by atoms with Gasteiger partial charge in [0.2, 0.25) is 0 Å². The molecular weight excluding hydrogens is 340 g/mol. The Morgan fingerprint density at radius 3 is 2.69 bits per heavy atom. The second-order valence-corrected chi connectivity index (χ2v) is 6.91. The smallest absolute Gasteiger partial charge is 0.191 e. The van der Waals surface area contributed by atoms with Crippen LogP contribution in [-0.2, 0) is 6.54 Å². The number of hydrogen-bond acceptors (Lipinski definition) is 3. The van der Waals surface area contributed by atoms with E-state index in [1.54, 1.807) is 11.8 Å². The number of aromatic amines is 1. The highest BCUT2D eigenvalue weighted by Crippen LogP contribution is 2.29. The number of aromatic nitrogens is 4. The van der Waals surface area contributed by atoms with Crippen LogP contribution in [0, 0.1) is 0 Å². The van der Waals surface area contributed by atoms with Crippen molar-refractivity contribution in [2.24, 2.45) is 0 Å². The first-order chi connectivity index (χ1) is 12.9. The Morgan fingerprint density at radius 2 is 1.85 bits per heavy atom.